The van der Waals surface area contributed by atoms with Crippen molar-refractivity contribution in [3.8, 4) is 34.7 Å². The zero-order valence-corrected chi connectivity index (χ0v) is 26.4. The van der Waals surface area contributed by atoms with Gasteiger partial charge in [0, 0.05) is 44.4 Å². The fourth-order valence-electron chi connectivity index (χ4n) is 6.44. The first-order chi connectivity index (χ1) is 23.1. The Morgan fingerprint density at radius 1 is 1.10 bits per heavy atom. The van der Waals surface area contributed by atoms with Gasteiger partial charge in [-0.2, -0.15) is 23.7 Å². The van der Waals surface area contributed by atoms with Crippen molar-refractivity contribution in [1.29, 1.82) is 10.5 Å². The van der Waals surface area contributed by atoms with Crippen LogP contribution in [0.2, 0.25) is 0 Å². The second-order valence-electron chi connectivity index (χ2n) is 11.9. The zero-order valence-electron chi connectivity index (χ0n) is 26.4. The van der Waals surface area contributed by atoms with Gasteiger partial charge in [-0.1, -0.05) is 0 Å². The van der Waals surface area contributed by atoms with Crippen LogP contribution in [-0.2, 0) is 31.1 Å². The number of hydrogen-bond acceptors (Lipinski definition) is 9. The lowest BCUT2D eigenvalue weighted by atomic mass is 9.97. The molecule has 246 valence electrons. The molecule has 4 aromatic rings. The summed E-state index contributed by atoms with van der Waals surface area (Å²) in [6.45, 7) is 1.39. The molecule has 48 heavy (non-hydrogen) atoms. The number of benzene rings is 2. The largest absolute Gasteiger partial charge is 0.416 e. The number of nitrogens with zero attached hydrogens (tertiary/aromatic N) is 8. The van der Waals surface area contributed by atoms with E-state index in [2.05, 4.69) is 37.5 Å². The molecule has 14 heteroatoms. The van der Waals surface area contributed by atoms with E-state index in [0.717, 1.165) is 25.5 Å². The maximum absolute atomic E-state index is 14.5. The summed E-state index contributed by atoms with van der Waals surface area (Å²) in [4.78, 5) is 21.9. The van der Waals surface area contributed by atoms with Crippen molar-refractivity contribution in [3.63, 3.8) is 0 Å². The molecule has 0 bridgehead atoms. The standard InChI is InChI=1S/C34H32F3N9O2/c1-44-20-41-43-32(44)25-7-6-21(16-39)11-26(25)23-14-30(40-9-4-8-38)42-31(15-23)46-18-28-27(33(46)47)12-22(13-29(28)34(35,36)37)17-45-10-3-5-24(45)19-48-2/h6-7,11-15,20,24H,3-5,9-10,17-19H2,1-2H3,(H,40,42)/t24-/m0/s1. The topological polar surface area (TPSA) is 136 Å². The van der Waals surface area contributed by atoms with Gasteiger partial charge in [0.05, 0.1) is 42.8 Å². The van der Waals surface area contributed by atoms with E-state index in [1.165, 1.54) is 11.2 Å². The Bertz CT molecular complexity index is 1940. The molecule has 1 saturated heterocycles. The Morgan fingerprint density at radius 3 is 2.65 bits per heavy atom. The highest BCUT2D eigenvalue weighted by Crippen LogP contribution is 2.41. The maximum Gasteiger partial charge on any atom is 0.416 e. The summed E-state index contributed by atoms with van der Waals surface area (Å²) in [5, 5.41) is 30.1. The van der Waals surface area contributed by atoms with E-state index < -0.39 is 17.6 Å². The average Bonchev–Trinajstić information content (AvgIpc) is 3.79. The number of hydrogen-bond donors (Lipinski definition) is 1. The van der Waals surface area contributed by atoms with E-state index in [0.29, 0.717) is 46.1 Å². The van der Waals surface area contributed by atoms with Crippen LogP contribution in [0.4, 0.5) is 24.8 Å². The number of alkyl halides is 3. The Kier molecular flexibility index (Phi) is 9.13. The highest BCUT2D eigenvalue weighted by Gasteiger charge is 2.41. The molecule has 2 aliphatic heterocycles. The number of fused-ring (bicyclic) bond motifs is 1. The summed E-state index contributed by atoms with van der Waals surface area (Å²) in [7, 11) is 3.38. The lowest BCUT2D eigenvalue weighted by Crippen LogP contribution is -2.32. The lowest BCUT2D eigenvalue weighted by molar-refractivity contribution is -0.138. The highest BCUT2D eigenvalue weighted by atomic mass is 19.4. The van der Waals surface area contributed by atoms with Gasteiger partial charge in [-0.25, -0.2) is 4.98 Å². The van der Waals surface area contributed by atoms with Gasteiger partial charge in [0.15, 0.2) is 5.82 Å². The second-order valence-corrected chi connectivity index (χ2v) is 11.9. The summed E-state index contributed by atoms with van der Waals surface area (Å²) < 4.78 is 50.7. The molecule has 0 radical (unpaired) electrons. The average molecular weight is 656 g/mol. The number of carbonyl (C=O) groups excluding carboxylic acids is 1. The summed E-state index contributed by atoms with van der Waals surface area (Å²) in [5.74, 6) is 0.347. The van der Waals surface area contributed by atoms with E-state index in [1.54, 1.807) is 55.1 Å². The van der Waals surface area contributed by atoms with Gasteiger partial charge in [-0.05, 0) is 84.1 Å². The van der Waals surface area contributed by atoms with Gasteiger partial charge in [0.1, 0.15) is 18.0 Å². The Balaban J connectivity index is 1.43. The van der Waals surface area contributed by atoms with Crippen LogP contribution < -0.4 is 10.2 Å². The third-order valence-electron chi connectivity index (χ3n) is 8.69. The molecule has 1 amide bonds. The first kappa shape index (κ1) is 32.6. The van der Waals surface area contributed by atoms with Crippen LogP contribution in [0.5, 0.6) is 0 Å². The molecule has 11 nitrogen and oxygen atoms in total. The van der Waals surface area contributed by atoms with E-state index in [4.69, 9.17) is 10.00 Å². The van der Waals surface area contributed by atoms with Gasteiger partial charge >= 0.3 is 6.18 Å². The number of ether oxygens (including phenoxy) is 1. The molecule has 1 fully saturated rings. The molecule has 4 heterocycles. The molecule has 0 unspecified atom stereocenters. The minimum absolute atomic E-state index is 0.0141. The lowest BCUT2D eigenvalue weighted by Gasteiger charge is -2.24. The monoisotopic (exact) mass is 655 g/mol. The highest BCUT2D eigenvalue weighted by molar-refractivity contribution is 6.10. The third kappa shape index (κ3) is 6.45. The molecule has 1 N–H and O–H groups in total. The van der Waals surface area contributed by atoms with Crippen LogP contribution in [-0.4, -0.2) is 63.4 Å². The molecular weight excluding hydrogens is 623 g/mol. The number of aryl methyl sites for hydroxylation is 1. The predicted molar refractivity (Wildman–Crippen MR) is 170 cm³/mol. The van der Waals surface area contributed by atoms with Crippen molar-refractivity contribution in [2.24, 2.45) is 7.05 Å². The van der Waals surface area contributed by atoms with Crippen molar-refractivity contribution < 1.29 is 22.7 Å². The molecule has 2 aromatic heterocycles. The number of amides is 1. The second kappa shape index (κ2) is 13.4. The zero-order chi connectivity index (χ0) is 34.0. The fraction of sp³-hybridized carbons (Fsp3) is 0.353. The molecule has 0 aliphatic carbocycles. The summed E-state index contributed by atoms with van der Waals surface area (Å²) in [6, 6.07) is 15.4. The van der Waals surface area contributed by atoms with E-state index in [-0.39, 0.29) is 49.0 Å². The number of aromatic nitrogens is 4. The Hall–Kier alpha value is -5.31. The first-order valence-corrected chi connectivity index (χ1v) is 15.4. The van der Waals surface area contributed by atoms with Crippen molar-refractivity contribution in [2.75, 3.05) is 37.0 Å². The summed E-state index contributed by atoms with van der Waals surface area (Å²) >= 11 is 0. The van der Waals surface area contributed by atoms with Crippen LogP contribution in [0.3, 0.4) is 0 Å². The van der Waals surface area contributed by atoms with Gasteiger partial charge in [0.25, 0.3) is 5.91 Å². The van der Waals surface area contributed by atoms with Crippen molar-refractivity contribution in [2.45, 2.75) is 44.6 Å². The number of anilines is 2. The van der Waals surface area contributed by atoms with Gasteiger partial charge in [-0.3, -0.25) is 14.6 Å². The summed E-state index contributed by atoms with van der Waals surface area (Å²) in [6.07, 6.45) is -1.17. The molecule has 2 aromatic carbocycles. The smallest absolute Gasteiger partial charge is 0.383 e. The van der Waals surface area contributed by atoms with Crippen LogP contribution >= 0.6 is 0 Å². The van der Waals surface area contributed by atoms with Crippen LogP contribution in [0.15, 0.2) is 48.8 Å². The first-order valence-electron chi connectivity index (χ1n) is 15.4. The molecular formula is C34H32F3N9O2. The number of halogens is 3. The van der Waals surface area contributed by atoms with E-state index in [9.17, 15) is 23.2 Å². The summed E-state index contributed by atoms with van der Waals surface area (Å²) in [5.41, 5.74) is 1.56. The molecule has 1 atom stereocenters. The minimum atomic E-state index is -4.69. The van der Waals surface area contributed by atoms with Crippen molar-refractivity contribution >= 4 is 17.5 Å². The SMILES string of the molecule is COC[C@@H]1CCCN1Cc1cc2c(c(C(F)(F)F)c1)CN(c1cc(-c3cc(C#N)ccc3-c3nncn3C)cc(NCCC#N)n1)C2=O. The third-order valence-corrected chi connectivity index (χ3v) is 8.69. The van der Waals surface area contributed by atoms with Gasteiger partial charge in [0.2, 0.25) is 0 Å². The molecule has 2 aliphatic rings. The predicted octanol–water partition coefficient (Wildman–Crippen LogP) is 5.53. The Labute approximate surface area is 275 Å². The van der Waals surface area contributed by atoms with E-state index in [1.807, 2.05) is 0 Å². The number of carbonyl (C=O) groups is 1. The van der Waals surface area contributed by atoms with Gasteiger partial charge < -0.3 is 14.6 Å². The number of nitriles is 2. The minimum Gasteiger partial charge on any atom is -0.383 e. The Morgan fingerprint density at radius 2 is 1.94 bits per heavy atom. The van der Waals surface area contributed by atoms with Gasteiger partial charge in [-0.15, -0.1) is 10.2 Å². The number of pyridine rings is 1. The van der Waals surface area contributed by atoms with Crippen molar-refractivity contribution in [3.05, 3.63) is 76.6 Å². The van der Waals surface area contributed by atoms with Crippen molar-refractivity contribution in [1.82, 2.24) is 24.6 Å². The van der Waals surface area contributed by atoms with Crippen LogP contribution in [0.25, 0.3) is 22.5 Å². The number of nitrogens with one attached hydrogen (secondary N) is 1. The fourth-order valence-corrected chi connectivity index (χ4v) is 6.44. The maximum atomic E-state index is 14.5. The normalized spacial score (nSPS) is 16.2. The number of methoxy groups -OCH3 is 1. The molecule has 0 saturated carbocycles. The van der Waals surface area contributed by atoms with Crippen LogP contribution in [0.1, 0.15) is 51.9 Å². The molecule has 6 rings (SSSR count). The van der Waals surface area contributed by atoms with E-state index >= 15 is 0 Å². The molecule has 0 spiro atoms. The number of likely N-dealkylation sites (tertiary alicyclic amines) is 1. The quantitative estimate of drug-likeness (QED) is 0.219. The van der Waals surface area contributed by atoms with Crippen LogP contribution in [0, 0.1) is 22.7 Å². The number of rotatable bonds is 10.